The smallest absolute Gasteiger partial charge is 0.222 e. The number of piperidine rings is 1. The van der Waals surface area contributed by atoms with Crippen molar-refractivity contribution >= 4 is 18.3 Å². The first-order valence-corrected chi connectivity index (χ1v) is 7.76. The van der Waals surface area contributed by atoms with Gasteiger partial charge in [0.15, 0.2) is 0 Å². The molecule has 1 aromatic carbocycles. The van der Waals surface area contributed by atoms with E-state index in [9.17, 15) is 4.79 Å². The van der Waals surface area contributed by atoms with Crippen LogP contribution in [0.1, 0.15) is 31.2 Å². The second-order valence-electron chi connectivity index (χ2n) is 5.72. The van der Waals surface area contributed by atoms with Crippen molar-refractivity contribution in [1.82, 2.24) is 10.2 Å². The van der Waals surface area contributed by atoms with E-state index < -0.39 is 0 Å². The number of hydrogen-bond acceptors (Lipinski definition) is 2. The molecule has 118 valence electrons. The minimum absolute atomic E-state index is 0. The summed E-state index contributed by atoms with van der Waals surface area (Å²) in [5.41, 5.74) is 1.33. The number of benzene rings is 1. The lowest BCUT2D eigenvalue weighted by atomic mass is 9.96. The van der Waals surface area contributed by atoms with Crippen molar-refractivity contribution < 1.29 is 4.79 Å². The fourth-order valence-corrected chi connectivity index (χ4v) is 2.92. The highest BCUT2D eigenvalue weighted by atomic mass is 35.5. The Morgan fingerprint density at radius 1 is 1.24 bits per heavy atom. The average molecular weight is 311 g/mol. The summed E-state index contributed by atoms with van der Waals surface area (Å²) in [6, 6.07) is 10.4. The molecular formula is C17H27ClN2O. The predicted molar refractivity (Wildman–Crippen MR) is 89.9 cm³/mol. The molecule has 0 bridgehead atoms. The van der Waals surface area contributed by atoms with Gasteiger partial charge in [-0.15, -0.1) is 12.4 Å². The van der Waals surface area contributed by atoms with Gasteiger partial charge in [-0.05, 0) is 50.8 Å². The van der Waals surface area contributed by atoms with Crippen LogP contribution in [0.5, 0.6) is 0 Å². The van der Waals surface area contributed by atoms with E-state index in [0.29, 0.717) is 12.3 Å². The number of halogens is 1. The lowest BCUT2D eigenvalue weighted by Crippen LogP contribution is -2.40. The second kappa shape index (κ2) is 9.80. The lowest BCUT2D eigenvalue weighted by molar-refractivity contribution is -0.132. The van der Waals surface area contributed by atoms with Crippen molar-refractivity contribution in [2.24, 2.45) is 5.92 Å². The Bertz CT molecular complexity index is 403. The third kappa shape index (κ3) is 6.06. The van der Waals surface area contributed by atoms with Crippen molar-refractivity contribution in [3.05, 3.63) is 35.9 Å². The van der Waals surface area contributed by atoms with Crippen LogP contribution in [-0.4, -0.2) is 37.5 Å². The Labute approximate surface area is 134 Å². The quantitative estimate of drug-likeness (QED) is 0.876. The molecule has 0 radical (unpaired) electrons. The number of amides is 1. The molecule has 1 amide bonds. The molecule has 2 rings (SSSR count). The molecule has 1 aliphatic rings. The van der Waals surface area contributed by atoms with Gasteiger partial charge in [-0.3, -0.25) is 4.79 Å². The summed E-state index contributed by atoms with van der Waals surface area (Å²) >= 11 is 0. The molecule has 1 saturated heterocycles. The maximum Gasteiger partial charge on any atom is 0.222 e. The highest BCUT2D eigenvalue weighted by Crippen LogP contribution is 2.17. The van der Waals surface area contributed by atoms with Crippen molar-refractivity contribution in [1.29, 1.82) is 0 Å². The molecule has 1 heterocycles. The molecule has 21 heavy (non-hydrogen) atoms. The lowest BCUT2D eigenvalue weighted by Gasteiger charge is -2.32. The van der Waals surface area contributed by atoms with Crippen molar-refractivity contribution in [2.45, 2.75) is 32.1 Å². The van der Waals surface area contributed by atoms with Gasteiger partial charge in [0, 0.05) is 19.5 Å². The van der Waals surface area contributed by atoms with Crippen LogP contribution in [0.25, 0.3) is 0 Å². The van der Waals surface area contributed by atoms with Gasteiger partial charge in [0.2, 0.25) is 5.91 Å². The summed E-state index contributed by atoms with van der Waals surface area (Å²) in [4.78, 5) is 14.2. The van der Waals surface area contributed by atoms with Gasteiger partial charge < -0.3 is 10.2 Å². The van der Waals surface area contributed by atoms with Crippen LogP contribution in [0.2, 0.25) is 0 Å². The highest BCUT2D eigenvalue weighted by molar-refractivity contribution is 5.85. The maximum absolute atomic E-state index is 12.2. The van der Waals surface area contributed by atoms with Crippen LogP contribution in [-0.2, 0) is 11.2 Å². The minimum Gasteiger partial charge on any atom is -0.343 e. The molecule has 0 aromatic heterocycles. The minimum atomic E-state index is 0. The van der Waals surface area contributed by atoms with E-state index in [1.54, 1.807) is 0 Å². The molecule has 0 aliphatic carbocycles. The summed E-state index contributed by atoms with van der Waals surface area (Å²) in [5.74, 6) is 1.08. The van der Waals surface area contributed by atoms with E-state index in [1.807, 2.05) is 13.1 Å². The summed E-state index contributed by atoms with van der Waals surface area (Å²) < 4.78 is 0. The highest BCUT2D eigenvalue weighted by Gasteiger charge is 2.21. The third-order valence-electron chi connectivity index (χ3n) is 4.16. The Morgan fingerprint density at radius 2 is 1.90 bits per heavy atom. The fraction of sp³-hybridized carbons (Fsp3) is 0.588. The van der Waals surface area contributed by atoms with Crippen LogP contribution in [0.4, 0.5) is 0 Å². The van der Waals surface area contributed by atoms with Crippen molar-refractivity contribution in [2.75, 3.05) is 26.7 Å². The largest absolute Gasteiger partial charge is 0.343 e. The second-order valence-corrected chi connectivity index (χ2v) is 5.72. The fourth-order valence-electron chi connectivity index (χ4n) is 2.92. The zero-order valence-corrected chi connectivity index (χ0v) is 13.7. The molecule has 0 atom stereocenters. The summed E-state index contributed by atoms with van der Waals surface area (Å²) in [7, 11) is 2.00. The van der Waals surface area contributed by atoms with Gasteiger partial charge in [0.05, 0.1) is 0 Å². The van der Waals surface area contributed by atoms with Crippen LogP contribution in [0.3, 0.4) is 0 Å². The average Bonchev–Trinajstić information content (AvgIpc) is 2.49. The summed E-state index contributed by atoms with van der Waals surface area (Å²) in [6.45, 7) is 2.96. The van der Waals surface area contributed by atoms with Crippen molar-refractivity contribution in [3.8, 4) is 0 Å². The van der Waals surface area contributed by atoms with Gasteiger partial charge in [0.1, 0.15) is 0 Å². The van der Waals surface area contributed by atoms with Crippen LogP contribution in [0, 0.1) is 5.92 Å². The molecule has 1 aromatic rings. The predicted octanol–water partition coefficient (Wildman–Crippen LogP) is 2.89. The zero-order chi connectivity index (χ0) is 14.2. The standard InChI is InChI=1S/C17H26N2O.ClH/c1-18-14-16-10-12-19(13-11-16)17(20)9-5-8-15-6-3-2-4-7-15;/h2-4,6-7,16,18H,5,8-14H2,1H3;1H. The number of aryl methyl sites for hydroxylation is 1. The van der Waals surface area contributed by atoms with E-state index in [1.165, 1.54) is 5.56 Å². The van der Waals surface area contributed by atoms with E-state index in [2.05, 4.69) is 34.5 Å². The Kier molecular flexibility index (Phi) is 8.40. The summed E-state index contributed by atoms with van der Waals surface area (Å²) in [6.07, 6.45) is 4.93. The topological polar surface area (TPSA) is 32.3 Å². The van der Waals surface area contributed by atoms with Gasteiger partial charge >= 0.3 is 0 Å². The van der Waals surface area contributed by atoms with Crippen molar-refractivity contribution in [3.63, 3.8) is 0 Å². The Hall–Kier alpha value is -1.06. The SMILES string of the molecule is CNCC1CCN(C(=O)CCCc2ccccc2)CC1.Cl. The molecule has 0 unspecified atom stereocenters. The number of hydrogen-bond donors (Lipinski definition) is 1. The maximum atomic E-state index is 12.2. The first-order valence-electron chi connectivity index (χ1n) is 7.76. The van der Waals surface area contributed by atoms with E-state index in [0.717, 1.165) is 51.2 Å². The normalized spacial score (nSPS) is 15.6. The van der Waals surface area contributed by atoms with Gasteiger partial charge in [-0.1, -0.05) is 30.3 Å². The first-order chi connectivity index (χ1) is 9.79. The molecule has 0 spiro atoms. The number of rotatable bonds is 6. The Morgan fingerprint density at radius 3 is 2.52 bits per heavy atom. The Balaban J connectivity index is 0.00000220. The monoisotopic (exact) mass is 310 g/mol. The van der Waals surface area contributed by atoms with Crippen LogP contribution < -0.4 is 5.32 Å². The molecule has 1 aliphatic heterocycles. The van der Waals surface area contributed by atoms with Gasteiger partial charge in [-0.2, -0.15) is 0 Å². The molecular weight excluding hydrogens is 284 g/mol. The number of carbonyl (C=O) groups is 1. The van der Waals surface area contributed by atoms with E-state index >= 15 is 0 Å². The molecule has 1 N–H and O–H groups in total. The van der Waals surface area contributed by atoms with E-state index in [-0.39, 0.29) is 12.4 Å². The molecule has 1 fully saturated rings. The first kappa shape index (κ1) is 18.0. The van der Waals surface area contributed by atoms with Crippen LogP contribution >= 0.6 is 12.4 Å². The number of nitrogens with one attached hydrogen (secondary N) is 1. The van der Waals surface area contributed by atoms with E-state index in [4.69, 9.17) is 0 Å². The molecule has 4 heteroatoms. The number of likely N-dealkylation sites (tertiary alicyclic amines) is 1. The molecule has 3 nitrogen and oxygen atoms in total. The van der Waals surface area contributed by atoms with Crippen LogP contribution in [0.15, 0.2) is 30.3 Å². The number of nitrogens with zero attached hydrogens (tertiary/aromatic N) is 1. The summed E-state index contributed by atoms with van der Waals surface area (Å²) in [5, 5.41) is 3.23. The zero-order valence-electron chi connectivity index (χ0n) is 12.9. The molecule has 0 saturated carbocycles. The third-order valence-corrected chi connectivity index (χ3v) is 4.16. The number of carbonyl (C=O) groups excluding carboxylic acids is 1. The van der Waals surface area contributed by atoms with Gasteiger partial charge in [0.25, 0.3) is 0 Å². The van der Waals surface area contributed by atoms with Gasteiger partial charge in [-0.25, -0.2) is 0 Å².